The van der Waals surface area contributed by atoms with Crippen molar-refractivity contribution in [1.82, 2.24) is 0 Å². The summed E-state index contributed by atoms with van der Waals surface area (Å²) in [5.41, 5.74) is 1.57. The molecule has 3 nitrogen and oxygen atoms in total. The second-order valence-electron chi connectivity index (χ2n) is 4.65. The van der Waals surface area contributed by atoms with E-state index in [1.807, 2.05) is 18.2 Å². The molecule has 1 aliphatic carbocycles. The van der Waals surface area contributed by atoms with Crippen LogP contribution in [0.1, 0.15) is 36.5 Å². The van der Waals surface area contributed by atoms with Crippen LogP contribution in [0.4, 0.5) is 0 Å². The zero-order chi connectivity index (χ0) is 13.7. The van der Waals surface area contributed by atoms with Gasteiger partial charge in [0.05, 0.1) is 12.5 Å². The van der Waals surface area contributed by atoms with E-state index >= 15 is 0 Å². The third-order valence-corrected chi connectivity index (χ3v) is 3.35. The molecule has 1 saturated carbocycles. The molecule has 1 fully saturated rings. The van der Waals surface area contributed by atoms with Crippen molar-refractivity contribution in [2.75, 3.05) is 6.61 Å². The van der Waals surface area contributed by atoms with E-state index in [9.17, 15) is 9.59 Å². The Morgan fingerprint density at radius 3 is 2.74 bits per heavy atom. The largest absolute Gasteiger partial charge is 0.466 e. The Morgan fingerprint density at radius 1 is 1.32 bits per heavy atom. The van der Waals surface area contributed by atoms with Gasteiger partial charge < -0.3 is 4.74 Å². The molecule has 1 unspecified atom stereocenters. The van der Waals surface area contributed by atoms with Crippen LogP contribution in [0.3, 0.4) is 0 Å². The highest BCUT2D eigenvalue weighted by molar-refractivity contribution is 6.05. The van der Waals surface area contributed by atoms with Crippen LogP contribution >= 0.6 is 0 Å². The number of esters is 1. The number of rotatable bonds is 4. The lowest BCUT2D eigenvalue weighted by Crippen LogP contribution is -2.16. The highest BCUT2D eigenvalue weighted by atomic mass is 16.5. The number of allylic oxidation sites excluding steroid dienone is 1. The van der Waals surface area contributed by atoms with Gasteiger partial charge in [0.25, 0.3) is 0 Å². The van der Waals surface area contributed by atoms with E-state index in [2.05, 4.69) is 0 Å². The SMILES string of the molecule is CCOC(=O)C1CCCC1=CC(=O)c1ccccc1. The van der Waals surface area contributed by atoms with Crippen molar-refractivity contribution < 1.29 is 14.3 Å². The molecule has 0 spiro atoms. The van der Waals surface area contributed by atoms with Crippen LogP contribution in [-0.4, -0.2) is 18.4 Å². The van der Waals surface area contributed by atoms with Gasteiger partial charge in [-0.15, -0.1) is 0 Å². The summed E-state index contributed by atoms with van der Waals surface area (Å²) in [5, 5.41) is 0. The van der Waals surface area contributed by atoms with Gasteiger partial charge >= 0.3 is 5.97 Å². The lowest BCUT2D eigenvalue weighted by molar-refractivity contribution is -0.146. The summed E-state index contributed by atoms with van der Waals surface area (Å²) in [6.07, 6.45) is 4.15. The monoisotopic (exact) mass is 258 g/mol. The first-order valence-electron chi connectivity index (χ1n) is 6.69. The summed E-state index contributed by atoms with van der Waals surface area (Å²) >= 11 is 0. The highest BCUT2D eigenvalue weighted by Crippen LogP contribution is 2.32. The van der Waals surface area contributed by atoms with Crippen LogP contribution in [0, 0.1) is 5.92 Å². The van der Waals surface area contributed by atoms with Gasteiger partial charge in [0, 0.05) is 5.56 Å². The Morgan fingerprint density at radius 2 is 2.05 bits per heavy atom. The van der Waals surface area contributed by atoms with Crippen LogP contribution in [-0.2, 0) is 9.53 Å². The van der Waals surface area contributed by atoms with Crippen LogP contribution in [0.25, 0.3) is 0 Å². The van der Waals surface area contributed by atoms with Crippen molar-refractivity contribution in [3.8, 4) is 0 Å². The van der Waals surface area contributed by atoms with Crippen LogP contribution in [0.2, 0.25) is 0 Å². The molecule has 3 heteroatoms. The smallest absolute Gasteiger partial charge is 0.313 e. The lowest BCUT2D eigenvalue weighted by atomic mass is 10.00. The number of benzene rings is 1. The second-order valence-corrected chi connectivity index (χ2v) is 4.65. The van der Waals surface area contributed by atoms with Gasteiger partial charge in [-0.05, 0) is 32.3 Å². The number of carbonyl (C=O) groups excluding carboxylic acids is 2. The number of hydrogen-bond donors (Lipinski definition) is 0. The maximum absolute atomic E-state index is 12.1. The Kier molecular flexibility index (Phi) is 4.50. The van der Waals surface area contributed by atoms with E-state index < -0.39 is 0 Å². The predicted molar refractivity (Wildman–Crippen MR) is 72.8 cm³/mol. The summed E-state index contributed by atoms with van der Waals surface area (Å²) < 4.78 is 5.05. The maximum atomic E-state index is 12.1. The minimum Gasteiger partial charge on any atom is -0.466 e. The van der Waals surface area contributed by atoms with Crippen molar-refractivity contribution in [2.24, 2.45) is 5.92 Å². The highest BCUT2D eigenvalue weighted by Gasteiger charge is 2.29. The summed E-state index contributed by atoms with van der Waals surface area (Å²) in [6, 6.07) is 9.12. The topological polar surface area (TPSA) is 43.4 Å². The van der Waals surface area contributed by atoms with Gasteiger partial charge in [0.1, 0.15) is 0 Å². The Labute approximate surface area is 113 Å². The zero-order valence-electron chi connectivity index (χ0n) is 11.1. The average Bonchev–Trinajstić information content (AvgIpc) is 2.88. The molecule has 0 heterocycles. The quantitative estimate of drug-likeness (QED) is 0.473. The predicted octanol–water partition coefficient (Wildman–Crippen LogP) is 3.16. The van der Waals surface area contributed by atoms with Crippen LogP contribution in [0.5, 0.6) is 0 Å². The molecule has 0 bridgehead atoms. The molecular weight excluding hydrogens is 240 g/mol. The first-order valence-corrected chi connectivity index (χ1v) is 6.69. The van der Waals surface area contributed by atoms with Gasteiger partial charge in [0.2, 0.25) is 0 Å². The number of ketones is 1. The number of carbonyl (C=O) groups is 2. The molecule has 0 N–H and O–H groups in total. The van der Waals surface area contributed by atoms with Gasteiger partial charge in [-0.25, -0.2) is 0 Å². The summed E-state index contributed by atoms with van der Waals surface area (Å²) in [7, 11) is 0. The average molecular weight is 258 g/mol. The van der Waals surface area contributed by atoms with Gasteiger partial charge in [-0.1, -0.05) is 35.9 Å². The third-order valence-electron chi connectivity index (χ3n) is 3.35. The molecule has 1 aromatic rings. The Hall–Kier alpha value is -1.90. The molecule has 0 radical (unpaired) electrons. The fourth-order valence-corrected chi connectivity index (χ4v) is 2.41. The van der Waals surface area contributed by atoms with E-state index in [0.29, 0.717) is 12.2 Å². The zero-order valence-corrected chi connectivity index (χ0v) is 11.1. The molecule has 1 aliphatic rings. The standard InChI is InChI=1S/C16H18O3/c1-2-19-16(18)14-10-6-9-13(14)11-15(17)12-7-4-3-5-8-12/h3-5,7-8,11,14H,2,6,9-10H2,1H3. The van der Waals surface area contributed by atoms with E-state index in [0.717, 1.165) is 24.8 Å². The van der Waals surface area contributed by atoms with Crippen molar-refractivity contribution in [2.45, 2.75) is 26.2 Å². The van der Waals surface area contributed by atoms with Crippen molar-refractivity contribution in [3.05, 3.63) is 47.5 Å². The second kappa shape index (κ2) is 6.32. The van der Waals surface area contributed by atoms with Crippen molar-refractivity contribution >= 4 is 11.8 Å². The van der Waals surface area contributed by atoms with Gasteiger partial charge in [0.15, 0.2) is 5.78 Å². The van der Waals surface area contributed by atoms with Crippen LogP contribution < -0.4 is 0 Å². The van der Waals surface area contributed by atoms with E-state index in [4.69, 9.17) is 4.74 Å². The summed E-state index contributed by atoms with van der Waals surface area (Å²) in [4.78, 5) is 23.9. The van der Waals surface area contributed by atoms with Gasteiger partial charge in [-0.3, -0.25) is 9.59 Å². The molecule has 1 atom stereocenters. The Bertz CT molecular complexity index is 488. The Balaban J connectivity index is 2.13. The molecule has 0 amide bonds. The third kappa shape index (κ3) is 3.31. The molecule has 0 aliphatic heterocycles. The normalized spacial score (nSPS) is 20.5. The fraction of sp³-hybridized carbons (Fsp3) is 0.375. The lowest BCUT2D eigenvalue weighted by Gasteiger charge is -2.10. The summed E-state index contributed by atoms with van der Waals surface area (Å²) in [6.45, 7) is 2.18. The molecule has 19 heavy (non-hydrogen) atoms. The number of ether oxygens (including phenoxy) is 1. The fourth-order valence-electron chi connectivity index (χ4n) is 2.41. The molecule has 0 aromatic heterocycles. The minimum atomic E-state index is -0.229. The molecule has 0 saturated heterocycles. The maximum Gasteiger partial charge on any atom is 0.313 e. The van der Waals surface area contributed by atoms with Crippen molar-refractivity contribution in [3.63, 3.8) is 0 Å². The number of hydrogen-bond acceptors (Lipinski definition) is 3. The van der Waals surface area contributed by atoms with Gasteiger partial charge in [-0.2, -0.15) is 0 Å². The van der Waals surface area contributed by atoms with E-state index in [1.165, 1.54) is 0 Å². The van der Waals surface area contributed by atoms with E-state index in [1.54, 1.807) is 25.1 Å². The molecule has 2 rings (SSSR count). The molecule has 1 aromatic carbocycles. The first-order chi connectivity index (χ1) is 9.22. The minimum absolute atomic E-state index is 0.0354. The van der Waals surface area contributed by atoms with Crippen LogP contribution in [0.15, 0.2) is 42.0 Å². The molecule has 100 valence electrons. The first kappa shape index (κ1) is 13.5. The summed E-state index contributed by atoms with van der Waals surface area (Å²) in [5.74, 6) is -0.466. The van der Waals surface area contributed by atoms with E-state index in [-0.39, 0.29) is 17.7 Å². The molecular formula is C16H18O3. The van der Waals surface area contributed by atoms with Crippen molar-refractivity contribution in [1.29, 1.82) is 0 Å².